The molecule has 6 heteroatoms. The van der Waals surface area contributed by atoms with Crippen LogP contribution in [0.25, 0.3) is 4.96 Å². The van der Waals surface area contributed by atoms with Gasteiger partial charge in [-0.3, -0.25) is 9.20 Å². The average Bonchev–Trinajstić information content (AvgIpc) is 3.24. The van der Waals surface area contributed by atoms with Gasteiger partial charge in [-0.15, -0.1) is 11.3 Å². The van der Waals surface area contributed by atoms with Crippen molar-refractivity contribution in [3.8, 4) is 0 Å². The zero-order valence-electron chi connectivity index (χ0n) is 12.7. The van der Waals surface area contributed by atoms with E-state index in [9.17, 15) is 4.79 Å². The van der Waals surface area contributed by atoms with E-state index in [1.165, 1.54) is 12.8 Å². The van der Waals surface area contributed by atoms with Crippen molar-refractivity contribution >= 4 is 33.6 Å². The Morgan fingerprint density at radius 3 is 2.91 bits per heavy atom. The van der Waals surface area contributed by atoms with Crippen molar-refractivity contribution in [1.29, 1.82) is 0 Å². The minimum absolute atomic E-state index is 0.0256. The zero-order valence-corrected chi connectivity index (χ0v) is 13.6. The number of carbonyl (C=O) groups is 1. The highest BCUT2D eigenvalue weighted by Gasteiger charge is 2.17. The predicted octanol–water partition coefficient (Wildman–Crippen LogP) is 3.18. The van der Waals surface area contributed by atoms with E-state index in [1.807, 2.05) is 40.4 Å². The number of amides is 1. The number of aromatic nitrogens is 2. The number of nitrogens with one attached hydrogen (secondary N) is 1. The van der Waals surface area contributed by atoms with Gasteiger partial charge in [-0.05, 0) is 25.0 Å². The Morgan fingerprint density at radius 2 is 2.09 bits per heavy atom. The standard InChI is InChI=1S/C17H18N4OS/c22-16(11-13-12-21-9-10-23-17(21)18-13)19-14-5-1-2-6-15(14)20-7-3-4-8-20/h1-2,5-6,9-10,12H,3-4,7-8,11H2,(H,19,22). The molecule has 1 saturated heterocycles. The molecule has 0 unspecified atom stereocenters. The summed E-state index contributed by atoms with van der Waals surface area (Å²) in [5, 5.41) is 5.03. The van der Waals surface area contributed by atoms with Crippen molar-refractivity contribution < 1.29 is 4.79 Å². The molecule has 1 N–H and O–H groups in total. The number of nitrogens with zero attached hydrogens (tertiary/aromatic N) is 3. The van der Waals surface area contributed by atoms with E-state index in [1.54, 1.807) is 11.3 Å². The third-order valence-electron chi connectivity index (χ3n) is 4.11. The monoisotopic (exact) mass is 326 g/mol. The van der Waals surface area contributed by atoms with Crippen molar-refractivity contribution in [3.05, 3.63) is 47.7 Å². The van der Waals surface area contributed by atoms with Gasteiger partial charge in [0, 0.05) is 30.9 Å². The topological polar surface area (TPSA) is 49.6 Å². The molecule has 1 aliphatic rings. The summed E-state index contributed by atoms with van der Waals surface area (Å²) in [4.78, 5) is 20.1. The van der Waals surface area contributed by atoms with Crippen molar-refractivity contribution in [3.63, 3.8) is 0 Å². The number of hydrogen-bond acceptors (Lipinski definition) is 4. The highest BCUT2D eigenvalue weighted by molar-refractivity contribution is 7.15. The highest BCUT2D eigenvalue weighted by atomic mass is 32.1. The number of imidazole rings is 1. The molecule has 1 aliphatic heterocycles. The first-order chi connectivity index (χ1) is 11.3. The van der Waals surface area contributed by atoms with Gasteiger partial charge in [0.2, 0.25) is 5.91 Å². The summed E-state index contributed by atoms with van der Waals surface area (Å²) >= 11 is 1.57. The van der Waals surface area contributed by atoms with Crippen LogP contribution in [0.3, 0.4) is 0 Å². The van der Waals surface area contributed by atoms with E-state index in [4.69, 9.17) is 0 Å². The molecule has 0 atom stereocenters. The summed E-state index contributed by atoms with van der Waals surface area (Å²) in [5.74, 6) is -0.0256. The molecule has 2 aromatic heterocycles. The minimum Gasteiger partial charge on any atom is -0.370 e. The van der Waals surface area contributed by atoms with E-state index < -0.39 is 0 Å². The van der Waals surface area contributed by atoms with Crippen LogP contribution in [0.15, 0.2) is 42.0 Å². The van der Waals surface area contributed by atoms with E-state index in [2.05, 4.69) is 21.3 Å². The van der Waals surface area contributed by atoms with Gasteiger partial charge < -0.3 is 10.2 Å². The summed E-state index contributed by atoms with van der Waals surface area (Å²) in [6, 6.07) is 8.03. The lowest BCUT2D eigenvalue weighted by molar-refractivity contribution is -0.115. The number of para-hydroxylation sites is 2. The summed E-state index contributed by atoms with van der Waals surface area (Å²) in [6.07, 6.45) is 6.60. The molecule has 1 aromatic carbocycles. The number of anilines is 2. The van der Waals surface area contributed by atoms with Crippen LogP contribution in [0, 0.1) is 0 Å². The van der Waals surface area contributed by atoms with Gasteiger partial charge in [0.15, 0.2) is 4.96 Å². The van der Waals surface area contributed by atoms with Crippen molar-refractivity contribution in [2.45, 2.75) is 19.3 Å². The van der Waals surface area contributed by atoms with Gasteiger partial charge in [-0.25, -0.2) is 4.98 Å². The molecule has 1 fully saturated rings. The Hall–Kier alpha value is -2.34. The van der Waals surface area contributed by atoms with Crippen LogP contribution < -0.4 is 10.2 Å². The minimum atomic E-state index is -0.0256. The Balaban J connectivity index is 1.49. The van der Waals surface area contributed by atoms with E-state index in [0.717, 1.165) is 35.1 Å². The second-order valence-corrected chi connectivity index (χ2v) is 6.63. The second kappa shape index (κ2) is 6.04. The molecule has 4 rings (SSSR count). The third kappa shape index (κ3) is 2.94. The molecule has 0 spiro atoms. The lowest BCUT2D eigenvalue weighted by atomic mass is 10.2. The van der Waals surface area contributed by atoms with Crippen molar-refractivity contribution in [2.24, 2.45) is 0 Å². The lowest BCUT2D eigenvalue weighted by Gasteiger charge is -2.21. The Morgan fingerprint density at radius 1 is 1.26 bits per heavy atom. The first kappa shape index (κ1) is 14.3. The van der Waals surface area contributed by atoms with Crippen LogP contribution in [0.2, 0.25) is 0 Å². The molecule has 0 bridgehead atoms. The summed E-state index contributed by atoms with van der Waals surface area (Å²) in [7, 11) is 0. The number of benzene rings is 1. The number of rotatable bonds is 4. The van der Waals surface area contributed by atoms with Crippen molar-refractivity contribution in [1.82, 2.24) is 9.38 Å². The number of carbonyl (C=O) groups excluding carboxylic acids is 1. The third-order valence-corrected chi connectivity index (χ3v) is 4.88. The van der Waals surface area contributed by atoms with Gasteiger partial charge >= 0.3 is 0 Å². The van der Waals surface area contributed by atoms with Gasteiger partial charge in [0.1, 0.15) is 0 Å². The van der Waals surface area contributed by atoms with Crippen LogP contribution in [-0.4, -0.2) is 28.4 Å². The van der Waals surface area contributed by atoms with E-state index in [-0.39, 0.29) is 5.91 Å². The number of hydrogen-bond donors (Lipinski definition) is 1. The second-order valence-electron chi connectivity index (χ2n) is 5.76. The van der Waals surface area contributed by atoms with Crippen LogP contribution in [0.4, 0.5) is 11.4 Å². The average molecular weight is 326 g/mol. The van der Waals surface area contributed by atoms with Gasteiger partial charge in [-0.2, -0.15) is 0 Å². The van der Waals surface area contributed by atoms with Crippen LogP contribution in [0.5, 0.6) is 0 Å². The molecule has 5 nitrogen and oxygen atoms in total. The van der Waals surface area contributed by atoms with Crippen molar-refractivity contribution in [2.75, 3.05) is 23.3 Å². The molecule has 0 radical (unpaired) electrons. The van der Waals surface area contributed by atoms with Gasteiger partial charge in [0.25, 0.3) is 0 Å². The number of fused-ring (bicyclic) bond motifs is 1. The fraction of sp³-hybridized carbons (Fsp3) is 0.294. The lowest BCUT2D eigenvalue weighted by Crippen LogP contribution is -2.21. The molecule has 3 heterocycles. The van der Waals surface area contributed by atoms with Gasteiger partial charge in [0.05, 0.1) is 23.5 Å². The highest BCUT2D eigenvalue weighted by Crippen LogP contribution is 2.28. The Kier molecular flexibility index (Phi) is 3.75. The first-order valence-corrected chi connectivity index (χ1v) is 8.72. The number of thiazole rings is 1. The van der Waals surface area contributed by atoms with Gasteiger partial charge in [-0.1, -0.05) is 12.1 Å². The maximum Gasteiger partial charge on any atom is 0.230 e. The van der Waals surface area contributed by atoms with Crippen LogP contribution in [-0.2, 0) is 11.2 Å². The normalized spacial score (nSPS) is 14.5. The molecule has 3 aromatic rings. The summed E-state index contributed by atoms with van der Waals surface area (Å²) < 4.78 is 1.95. The maximum absolute atomic E-state index is 12.4. The first-order valence-electron chi connectivity index (χ1n) is 7.84. The van der Waals surface area contributed by atoms with E-state index in [0.29, 0.717) is 6.42 Å². The Labute approximate surface area is 138 Å². The summed E-state index contributed by atoms with van der Waals surface area (Å²) in [6.45, 7) is 2.12. The van der Waals surface area contributed by atoms with Crippen LogP contribution in [0.1, 0.15) is 18.5 Å². The summed E-state index contributed by atoms with van der Waals surface area (Å²) in [5.41, 5.74) is 2.80. The SMILES string of the molecule is O=C(Cc1cn2ccsc2n1)Nc1ccccc1N1CCCC1. The Bertz CT molecular complexity index is 803. The quantitative estimate of drug-likeness (QED) is 0.801. The molecular formula is C17H18N4OS. The van der Waals surface area contributed by atoms with E-state index >= 15 is 0 Å². The predicted molar refractivity (Wildman–Crippen MR) is 93.3 cm³/mol. The molecule has 1 amide bonds. The molecular weight excluding hydrogens is 308 g/mol. The molecule has 0 aliphatic carbocycles. The van der Waals surface area contributed by atoms with Crippen LogP contribution >= 0.6 is 11.3 Å². The molecule has 0 saturated carbocycles. The molecule has 118 valence electrons. The maximum atomic E-state index is 12.4. The smallest absolute Gasteiger partial charge is 0.230 e. The fourth-order valence-corrected chi connectivity index (χ4v) is 3.75. The molecule has 23 heavy (non-hydrogen) atoms. The fourth-order valence-electron chi connectivity index (χ4n) is 3.03. The largest absolute Gasteiger partial charge is 0.370 e. The zero-order chi connectivity index (χ0) is 15.6.